The van der Waals surface area contributed by atoms with Gasteiger partial charge in [-0.1, -0.05) is 53.8 Å². The largest absolute Gasteiger partial charge is 0.504 e. The number of aromatic nitrogens is 1. The summed E-state index contributed by atoms with van der Waals surface area (Å²) in [5.41, 5.74) is 1.77. The molecule has 4 rings (SSSR count). The van der Waals surface area contributed by atoms with E-state index in [2.05, 4.69) is 4.99 Å². The molecule has 8 heteroatoms. The molecule has 0 aliphatic carbocycles. The van der Waals surface area contributed by atoms with Crippen LogP contribution in [-0.4, -0.2) is 29.4 Å². The second-order valence-corrected chi connectivity index (χ2v) is 8.12. The number of benzene rings is 2. The van der Waals surface area contributed by atoms with Crippen LogP contribution in [0.2, 0.25) is 0 Å². The molecule has 7 nitrogen and oxygen atoms in total. The number of esters is 1. The number of aromatic hydroxyl groups is 1. The van der Waals surface area contributed by atoms with Crippen LogP contribution in [0.25, 0.3) is 6.08 Å². The molecule has 0 bridgehead atoms. The van der Waals surface area contributed by atoms with Crippen LogP contribution >= 0.6 is 11.3 Å². The maximum absolute atomic E-state index is 13.5. The zero-order chi connectivity index (χ0) is 22.8. The predicted octanol–water partition coefficient (Wildman–Crippen LogP) is 2.51. The van der Waals surface area contributed by atoms with Crippen molar-refractivity contribution in [2.45, 2.75) is 19.9 Å². The lowest BCUT2D eigenvalue weighted by atomic mass is 9.96. The molecule has 1 N–H and O–H groups in total. The lowest BCUT2D eigenvalue weighted by Gasteiger charge is -2.24. The van der Waals surface area contributed by atoms with Crippen molar-refractivity contribution in [1.29, 1.82) is 0 Å². The van der Waals surface area contributed by atoms with Crippen LogP contribution in [0, 0.1) is 0 Å². The Labute approximate surface area is 188 Å². The normalized spacial score (nSPS) is 15.8. The molecule has 164 valence electrons. The van der Waals surface area contributed by atoms with E-state index < -0.39 is 12.0 Å². The number of phenols is 1. The van der Waals surface area contributed by atoms with Crippen molar-refractivity contribution in [2.75, 3.05) is 13.7 Å². The highest BCUT2D eigenvalue weighted by Gasteiger charge is 2.33. The van der Waals surface area contributed by atoms with Gasteiger partial charge in [-0.2, -0.15) is 0 Å². The summed E-state index contributed by atoms with van der Waals surface area (Å²) >= 11 is 1.20. The van der Waals surface area contributed by atoms with Gasteiger partial charge in [0.15, 0.2) is 16.3 Å². The van der Waals surface area contributed by atoms with Gasteiger partial charge in [-0.05, 0) is 31.6 Å². The molecule has 32 heavy (non-hydrogen) atoms. The lowest BCUT2D eigenvalue weighted by molar-refractivity contribution is -0.139. The first-order valence-electron chi connectivity index (χ1n) is 10.1. The van der Waals surface area contributed by atoms with Crippen molar-refractivity contribution < 1.29 is 19.4 Å². The number of fused-ring (bicyclic) bond motifs is 1. The monoisotopic (exact) mass is 450 g/mol. The fourth-order valence-electron chi connectivity index (χ4n) is 3.70. The first-order chi connectivity index (χ1) is 15.5. The minimum atomic E-state index is -0.660. The number of ether oxygens (including phenoxy) is 2. The van der Waals surface area contributed by atoms with Crippen LogP contribution in [0.15, 0.2) is 69.6 Å². The zero-order valence-electron chi connectivity index (χ0n) is 17.9. The second-order valence-electron chi connectivity index (χ2n) is 7.11. The van der Waals surface area contributed by atoms with E-state index in [4.69, 9.17) is 9.47 Å². The molecule has 0 amide bonds. The Morgan fingerprint density at radius 3 is 2.66 bits per heavy atom. The number of para-hydroxylation sites is 1. The summed E-state index contributed by atoms with van der Waals surface area (Å²) in [7, 11) is 1.46. The fraction of sp³-hybridized carbons (Fsp3) is 0.208. The summed E-state index contributed by atoms with van der Waals surface area (Å²) in [6, 6.07) is 13.7. The lowest BCUT2D eigenvalue weighted by Crippen LogP contribution is -2.39. The van der Waals surface area contributed by atoms with Crippen molar-refractivity contribution in [1.82, 2.24) is 4.57 Å². The predicted molar refractivity (Wildman–Crippen MR) is 121 cm³/mol. The van der Waals surface area contributed by atoms with Gasteiger partial charge in [0.1, 0.15) is 0 Å². The average molecular weight is 451 g/mol. The Kier molecular flexibility index (Phi) is 5.96. The van der Waals surface area contributed by atoms with Gasteiger partial charge >= 0.3 is 5.97 Å². The van der Waals surface area contributed by atoms with Crippen molar-refractivity contribution in [2.24, 2.45) is 4.99 Å². The molecule has 1 atom stereocenters. The molecule has 0 saturated heterocycles. The van der Waals surface area contributed by atoms with E-state index >= 15 is 0 Å². The number of carbonyl (C=O) groups is 1. The second kappa shape index (κ2) is 8.84. The van der Waals surface area contributed by atoms with Crippen molar-refractivity contribution in [3.63, 3.8) is 0 Å². The topological polar surface area (TPSA) is 90.1 Å². The third-order valence-electron chi connectivity index (χ3n) is 5.17. The van der Waals surface area contributed by atoms with Crippen LogP contribution in [0.3, 0.4) is 0 Å². The summed E-state index contributed by atoms with van der Waals surface area (Å²) < 4.78 is 12.3. The minimum absolute atomic E-state index is 0.0520. The van der Waals surface area contributed by atoms with E-state index in [0.717, 1.165) is 5.56 Å². The Morgan fingerprint density at radius 1 is 1.22 bits per heavy atom. The Balaban J connectivity index is 1.96. The standard InChI is InChI=1S/C24H22N2O5S/c1-4-31-23(29)19-14(2)25-24-26(20(19)15-9-6-5-7-10-15)22(28)18(32-24)13-16-11-8-12-17(30-3)21(16)27/h5-13,20,27H,4H2,1-3H3/b18-13-/t20-/m0/s1. The number of methoxy groups -OCH3 is 1. The zero-order valence-corrected chi connectivity index (χ0v) is 18.7. The molecular formula is C24H22N2O5S. The van der Waals surface area contributed by atoms with Crippen LogP contribution in [0.1, 0.15) is 31.0 Å². The number of rotatable bonds is 5. The first kappa shape index (κ1) is 21.6. The quantitative estimate of drug-likeness (QED) is 0.604. The van der Waals surface area contributed by atoms with Crippen molar-refractivity contribution in [3.05, 3.63) is 90.6 Å². The summed E-state index contributed by atoms with van der Waals surface area (Å²) in [4.78, 5) is 31.3. The van der Waals surface area contributed by atoms with Gasteiger partial charge in [0.25, 0.3) is 5.56 Å². The number of thiazole rings is 1. The maximum Gasteiger partial charge on any atom is 0.338 e. The van der Waals surface area contributed by atoms with E-state index in [1.54, 1.807) is 38.1 Å². The van der Waals surface area contributed by atoms with Gasteiger partial charge in [-0.15, -0.1) is 0 Å². The third kappa shape index (κ3) is 3.73. The molecule has 3 aromatic rings. The van der Waals surface area contributed by atoms with E-state index in [9.17, 15) is 14.7 Å². The molecule has 2 heterocycles. The van der Waals surface area contributed by atoms with Crippen LogP contribution in [-0.2, 0) is 9.53 Å². The first-order valence-corrected chi connectivity index (χ1v) is 10.9. The Morgan fingerprint density at radius 2 is 1.97 bits per heavy atom. The molecule has 1 aromatic heterocycles. The van der Waals surface area contributed by atoms with Gasteiger partial charge in [0, 0.05) is 5.56 Å². The van der Waals surface area contributed by atoms with Crippen LogP contribution in [0.5, 0.6) is 11.5 Å². The molecule has 0 unspecified atom stereocenters. The van der Waals surface area contributed by atoms with Gasteiger partial charge in [0.2, 0.25) is 0 Å². The Bertz CT molecular complexity index is 1390. The van der Waals surface area contributed by atoms with E-state index in [0.29, 0.717) is 31.9 Å². The number of allylic oxidation sites excluding steroid dienone is 1. The number of nitrogens with zero attached hydrogens (tertiary/aromatic N) is 2. The maximum atomic E-state index is 13.5. The summed E-state index contributed by atoms with van der Waals surface area (Å²) in [6.07, 6.45) is 1.60. The van der Waals surface area contributed by atoms with Gasteiger partial charge < -0.3 is 14.6 Å². The van der Waals surface area contributed by atoms with Gasteiger partial charge in [-0.25, -0.2) is 9.79 Å². The number of carbonyl (C=O) groups excluding carboxylic acids is 1. The number of phenolic OH excluding ortho intramolecular Hbond substituents is 1. The van der Waals surface area contributed by atoms with Crippen molar-refractivity contribution in [3.8, 4) is 11.5 Å². The fourth-order valence-corrected chi connectivity index (χ4v) is 4.74. The van der Waals surface area contributed by atoms with Gasteiger partial charge in [-0.3, -0.25) is 9.36 Å². The summed E-state index contributed by atoms with van der Waals surface area (Å²) in [6.45, 7) is 3.70. The van der Waals surface area contributed by atoms with E-state index in [-0.39, 0.29) is 17.9 Å². The molecule has 0 saturated carbocycles. The molecular weight excluding hydrogens is 428 g/mol. The molecule has 1 aliphatic heterocycles. The molecule has 0 fully saturated rings. The number of hydrogen-bond acceptors (Lipinski definition) is 7. The summed E-state index contributed by atoms with van der Waals surface area (Å²) in [5, 5.41) is 10.4. The minimum Gasteiger partial charge on any atom is -0.504 e. The van der Waals surface area contributed by atoms with Gasteiger partial charge in [0.05, 0.1) is 35.6 Å². The van der Waals surface area contributed by atoms with E-state index in [1.807, 2.05) is 30.3 Å². The highest BCUT2D eigenvalue weighted by atomic mass is 32.1. The highest BCUT2D eigenvalue weighted by molar-refractivity contribution is 7.07. The average Bonchev–Trinajstić information content (AvgIpc) is 3.09. The molecule has 1 aliphatic rings. The SMILES string of the molecule is CCOC(=O)C1=C(C)N=c2s/c(=C\c3cccc(OC)c3O)c(=O)n2[C@H]1c1ccccc1. The smallest absolute Gasteiger partial charge is 0.338 e. The molecule has 2 aromatic carbocycles. The Hall–Kier alpha value is -3.65. The van der Waals surface area contributed by atoms with Crippen molar-refractivity contribution >= 4 is 23.4 Å². The third-order valence-corrected chi connectivity index (χ3v) is 6.15. The number of hydrogen-bond donors (Lipinski definition) is 1. The summed E-state index contributed by atoms with van der Waals surface area (Å²) in [5.74, 6) is -0.236. The van der Waals surface area contributed by atoms with Crippen LogP contribution < -0.4 is 19.6 Å². The molecule has 0 radical (unpaired) electrons. The molecule has 0 spiro atoms. The van der Waals surface area contributed by atoms with Crippen LogP contribution in [0.4, 0.5) is 0 Å². The highest BCUT2D eigenvalue weighted by Crippen LogP contribution is 2.31. The van der Waals surface area contributed by atoms with E-state index in [1.165, 1.54) is 23.0 Å².